The van der Waals surface area contributed by atoms with Crippen LogP contribution in [0.5, 0.6) is 5.75 Å². The monoisotopic (exact) mass is 402 g/mol. The van der Waals surface area contributed by atoms with Crippen molar-refractivity contribution in [2.45, 2.75) is 19.4 Å². The number of fused-ring (bicyclic) bond motifs is 3. The van der Waals surface area contributed by atoms with Crippen LogP contribution < -0.4 is 10.5 Å². The van der Waals surface area contributed by atoms with Gasteiger partial charge in [-0.3, -0.25) is 9.79 Å². The molecule has 1 aromatic heterocycles. The van der Waals surface area contributed by atoms with Gasteiger partial charge in [-0.15, -0.1) is 0 Å². The zero-order chi connectivity index (χ0) is 20.9. The van der Waals surface area contributed by atoms with Crippen molar-refractivity contribution in [1.29, 1.82) is 0 Å². The summed E-state index contributed by atoms with van der Waals surface area (Å²) in [5.74, 6) is 0.782. The largest absolute Gasteiger partial charge is 0.492 e. The summed E-state index contributed by atoms with van der Waals surface area (Å²) in [6.45, 7) is 3.86. The third kappa shape index (κ3) is 3.94. The minimum atomic E-state index is -0.124. The van der Waals surface area contributed by atoms with Crippen LogP contribution in [0.4, 0.5) is 0 Å². The average molecular weight is 402 g/mol. The molecule has 6 nitrogen and oxygen atoms in total. The van der Waals surface area contributed by atoms with E-state index in [9.17, 15) is 4.79 Å². The summed E-state index contributed by atoms with van der Waals surface area (Å²) >= 11 is 0. The van der Waals surface area contributed by atoms with Gasteiger partial charge in [0.2, 0.25) is 6.41 Å². The molecule has 154 valence electrons. The minimum absolute atomic E-state index is 0.124. The average Bonchev–Trinajstić information content (AvgIpc) is 3.13. The van der Waals surface area contributed by atoms with Gasteiger partial charge in [-0.1, -0.05) is 23.8 Å². The van der Waals surface area contributed by atoms with Crippen LogP contribution in [-0.4, -0.2) is 42.2 Å². The van der Waals surface area contributed by atoms with Gasteiger partial charge < -0.3 is 20.4 Å². The topological polar surface area (TPSA) is 83.7 Å². The molecule has 3 N–H and O–H groups in total. The highest BCUT2D eigenvalue weighted by atomic mass is 16.5. The Hall–Kier alpha value is -3.54. The van der Waals surface area contributed by atoms with Gasteiger partial charge in [0.1, 0.15) is 12.4 Å². The number of carbonyl (C=O) groups is 1. The lowest BCUT2D eigenvalue weighted by Crippen LogP contribution is -2.34. The second kappa shape index (κ2) is 8.86. The number of aromatic amines is 1. The van der Waals surface area contributed by atoms with E-state index in [1.54, 1.807) is 12.3 Å². The van der Waals surface area contributed by atoms with Crippen LogP contribution in [0.3, 0.4) is 0 Å². The maximum Gasteiger partial charge on any atom is 0.210 e. The summed E-state index contributed by atoms with van der Waals surface area (Å²) in [7, 11) is 0. The highest BCUT2D eigenvalue weighted by Gasteiger charge is 2.30. The first kappa shape index (κ1) is 19.8. The Labute approximate surface area is 176 Å². The molecule has 0 spiro atoms. The fraction of sp³-hybridized carbons (Fsp3) is 0.250. The van der Waals surface area contributed by atoms with Gasteiger partial charge in [-0.05, 0) is 61.0 Å². The van der Waals surface area contributed by atoms with E-state index in [0.717, 1.165) is 35.4 Å². The Kier molecular flexibility index (Phi) is 5.84. The number of benzene rings is 2. The van der Waals surface area contributed by atoms with Gasteiger partial charge in [-0.25, -0.2) is 0 Å². The molecular weight excluding hydrogens is 376 g/mol. The van der Waals surface area contributed by atoms with Gasteiger partial charge in [0, 0.05) is 29.4 Å². The Morgan fingerprint density at radius 2 is 2.10 bits per heavy atom. The number of hydrogen-bond donors (Lipinski definition) is 2. The number of nitrogens with zero attached hydrogens (tertiary/aromatic N) is 2. The van der Waals surface area contributed by atoms with Crippen LogP contribution >= 0.6 is 0 Å². The molecule has 4 rings (SSSR count). The highest BCUT2D eigenvalue weighted by molar-refractivity contribution is 5.86. The molecule has 0 saturated carbocycles. The fourth-order valence-electron chi connectivity index (χ4n) is 4.04. The number of rotatable bonds is 7. The Morgan fingerprint density at radius 1 is 1.27 bits per heavy atom. The number of aryl methyl sites for hydroxylation is 1. The van der Waals surface area contributed by atoms with E-state index in [1.165, 1.54) is 22.7 Å². The highest BCUT2D eigenvalue weighted by Crippen LogP contribution is 2.38. The summed E-state index contributed by atoms with van der Waals surface area (Å²) < 4.78 is 5.75. The zero-order valence-corrected chi connectivity index (χ0v) is 17.0. The SMILES string of the molecule is Cc1ccc2[nH]c3c(c2c1)CCN(C=O)C3c1ccc(OCCN=C/C=C\N)cc1. The molecule has 1 amide bonds. The Morgan fingerprint density at radius 3 is 2.87 bits per heavy atom. The fourth-order valence-corrected chi connectivity index (χ4v) is 4.04. The van der Waals surface area contributed by atoms with E-state index >= 15 is 0 Å². The number of allylic oxidation sites excluding steroid dienone is 1. The smallest absolute Gasteiger partial charge is 0.210 e. The van der Waals surface area contributed by atoms with Crippen molar-refractivity contribution in [2.24, 2.45) is 10.7 Å². The van der Waals surface area contributed by atoms with Crippen molar-refractivity contribution >= 4 is 23.5 Å². The molecule has 0 saturated heterocycles. The third-order valence-corrected chi connectivity index (χ3v) is 5.44. The molecule has 0 fully saturated rings. The molecule has 0 aliphatic carbocycles. The summed E-state index contributed by atoms with van der Waals surface area (Å²) in [6.07, 6.45) is 6.58. The van der Waals surface area contributed by atoms with Crippen LogP contribution in [0.15, 0.2) is 59.7 Å². The number of aromatic nitrogens is 1. The van der Waals surface area contributed by atoms with Gasteiger partial charge in [0.15, 0.2) is 0 Å². The van der Waals surface area contributed by atoms with Crippen LogP contribution in [0.25, 0.3) is 10.9 Å². The molecule has 1 unspecified atom stereocenters. The molecule has 1 aliphatic rings. The van der Waals surface area contributed by atoms with Crippen molar-refractivity contribution in [3.63, 3.8) is 0 Å². The first-order chi connectivity index (χ1) is 14.7. The van der Waals surface area contributed by atoms with Gasteiger partial charge in [-0.2, -0.15) is 0 Å². The zero-order valence-electron chi connectivity index (χ0n) is 17.0. The molecule has 30 heavy (non-hydrogen) atoms. The first-order valence-electron chi connectivity index (χ1n) is 10.1. The predicted molar refractivity (Wildman–Crippen MR) is 120 cm³/mol. The van der Waals surface area contributed by atoms with Crippen molar-refractivity contribution < 1.29 is 9.53 Å². The molecule has 0 radical (unpaired) electrons. The number of nitrogens with one attached hydrogen (secondary N) is 1. The second-order valence-corrected chi connectivity index (χ2v) is 7.42. The van der Waals surface area contributed by atoms with Gasteiger partial charge >= 0.3 is 0 Å². The van der Waals surface area contributed by atoms with Crippen molar-refractivity contribution in [3.05, 3.63) is 77.1 Å². The van der Waals surface area contributed by atoms with E-state index in [-0.39, 0.29) is 6.04 Å². The van der Waals surface area contributed by atoms with Crippen LogP contribution in [0, 0.1) is 6.92 Å². The van der Waals surface area contributed by atoms with Crippen molar-refractivity contribution in [3.8, 4) is 5.75 Å². The molecule has 0 bridgehead atoms. The molecule has 3 aromatic rings. The summed E-state index contributed by atoms with van der Waals surface area (Å²) in [5, 5.41) is 1.26. The van der Waals surface area contributed by atoms with Gasteiger partial charge in [0.05, 0.1) is 12.6 Å². The van der Waals surface area contributed by atoms with E-state index in [1.807, 2.05) is 29.2 Å². The molecule has 1 atom stereocenters. The normalized spacial score (nSPS) is 16.4. The number of carbonyl (C=O) groups excluding carboxylic acids is 1. The number of amides is 1. The maximum absolute atomic E-state index is 11.8. The lowest BCUT2D eigenvalue weighted by atomic mass is 9.92. The number of ether oxygens (including phenoxy) is 1. The molecule has 2 heterocycles. The number of hydrogen-bond acceptors (Lipinski definition) is 4. The van der Waals surface area contributed by atoms with Crippen LogP contribution in [-0.2, 0) is 11.2 Å². The summed E-state index contributed by atoms with van der Waals surface area (Å²) in [6, 6.07) is 14.3. The van der Waals surface area contributed by atoms with E-state index in [2.05, 4.69) is 35.1 Å². The third-order valence-electron chi connectivity index (χ3n) is 5.44. The molecule has 1 aliphatic heterocycles. The number of nitrogens with two attached hydrogens (primary N) is 1. The van der Waals surface area contributed by atoms with E-state index < -0.39 is 0 Å². The predicted octanol–water partition coefficient (Wildman–Crippen LogP) is 3.50. The van der Waals surface area contributed by atoms with Crippen LogP contribution in [0.1, 0.15) is 28.4 Å². The number of H-pyrrole nitrogens is 1. The van der Waals surface area contributed by atoms with Gasteiger partial charge in [0.25, 0.3) is 0 Å². The second-order valence-electron chi connectivity index (χ2n) is 7.42. The van der Waals surface area contributed by atoms with Crippen molar-refractivity contribution in [2.75, 3.05) is 19.7 Å². The standard InChI is InChI=1S/C24H26N4O2/c1-17-3-8-22-21(15-17)20-9-13-28(16-29)24(23(20)27-22)18-4-6-19(7-5-18)30-14-12-26-11-2-10-25/h2-8,10-11,15-16,24,27H,9,12-14,25H2,1H3/b10-2-,26-11?. The molecule has 6 heteroatoms. The van der Waals surface area contributed by atoms with E-state index in [0.29, 0.717) is 19.7 Å². The van der Waals surface area contributed by atoms with Crippen molar-refractivity contribution in [1.82, 2.24) is 9.88 Å². The Balaban J connectivity index is 1.57. The molecular formula is C24H26N4O2. The lowest BCUT2D eigenvalue weighted by Gasteiger charge is -2.33. The summed E-state index contributed by atoms with van der Waals surface area (Å²) in [5.41, 5.74) is 11.1. The summed E-state index contributed by atoms with van der Waals surface area (Å²) in [4.78, 5) is 21.4. The number of aliphatic imine (C=N–C) groups is 1. The van der Waals surface area contributed by atoms with Crippen LogP contribution in [0.2, 0.25) is 0 Å². The Bertz CT molecular complexity index is 1080. The first-order valence-corrected chi connectivity index (χ1v) is 10.1. The molecule has 2 aromatic carbocycles. The maximum atomic E-state index is 11.8. The quantitative estimate of drug-likeness (QED) is 0.360. The van der Waals surface area contributed by atoms with E-state index in [4.69, 9.17) is 10.5 Å². The lowest BCUT2D eigenvalue weighted by molar-refractivity contribution is -0.120. The minimum Gasteiger partial charge on any atom is -0.492 e.